The van der Waals surface area contributed by atoms with Crippen LogP contribution in [0.2, 0.25) is 0 Å². The molecule has 0 radical (unpaired) electrons. The van der Waals surface area contributed by atoms with E-state index in [1.165, 1.54) is 0 Å². The molecule has 2 N–H and O–H groups in total. The Bertz CT molecular complexity index is 469. The Kier molecular flexibility index (Phi) is 3.09. The van der Waals surface area contributed by atoms with E-state index in [9.17, 15) is 9.90 Å². The number of nitrogens with one attached hydrogen (secondary N) is 1. The van der Waals surface area contributed by atoms with Gasteiger partial charge in [0.1, 0.15) is 11.5 Å². The van der Waals surface area contributed by atoms with Crippen LogP contribution in [-0.4, -0.2) is 30.8 Å². The third-order valence-electron chi connectivity index (χ3n) is 2.84. The van der Waals surface area contributed by atoms with E-state index in [-0.39, 0.29) is 25.7 Å². The summed E-state index contributed by atoms with van der Waals surface area (Å²) in [6.07, 6.45) is 0. The number of ether oxygens (including phenoxy) is 1. The van der Waals surface area contributed by atoms with Gasteiger partial charge in [-0.05, 0) is 12.1 Å². The summed E-state index contributed by atoms with van der Waals surface area (Å²) < 4.78 is 4.96. The number of carbonyl (C=O) groups is 1. The van der Waals surface area contributed by atoms with E-state index in [0.717, 1.165) is 0 Å². The number of carbonyl (C=O) groups excluding carboxylic acids is 1. The minimum absolute atomic E-state index is 0.212. The second kappa shape index (κ2) is 4.53. The number of benzene rings is 1. The van der Waals surface area contributed by atoms with Crippen LogP contribution < -0.4 is 5.32 Å². The normalized spacial score (nSPS) is 16.7. The first kappa shape index (κ1) is 11.6. The fraction of sp³-hybridized carbons (Fsp3) is 0.333. The lowest BCUT2D eigenvalue weighted by molar-refractivity contribution is -0.164. The molecular weight excluding hydrogens is 220 g/mol. The van der Waals surface area contributed by atoms with Crippen LogP contribution in [-0.2, 0) is 9.53 Å². The van der Waals surface area contributed by atoms with Crippen molar-refractivity contribution in [3.8, 4) is 6.07 Å². The van der Waals surface area contributed by atoms with E-state index >= 15 is 0 Å². The number of rotatable bonds is 3. The van der Waals surface area contributed by atoms with E-state index in [2.05, 4.69) is 5.32 Å². The minimum atomic E-state index is -0.859. The molecule has 0 aliphatic carbocycles. The molecular formula is C12H12N2O3. The van der Waals surface area contributed by atoms with Gasteiger partial charge in [-0.25, -0.2) is 0 Å². The molecule has 1 aliphatic rings. The smallest absolute Gasteiger partial charge is 0.237 e. The molecule has 1 heterocycles. The summed E-state index contributed by atoms with van der Waals surface area (Å²) in [5, 5.41) is 20.7. The fourth-order valence-electron chi connectivity index (χ4n) is 1.59. The van der Waals surface area contributed by atoms with Crippen molar-refractivity contribution in [2.75, 3.05) is 25.1 Å². The number of hydrogen-bond donors (Lipinski definition) is 2. The first-order valence-electron chi connectivity index (χ1n) is 5.21. The maximum Gasteiger partial charge on any atom is 0.237 e. The van der Waals surface area contributed by atoms with Crippen molar-refractivity contribution in [2.24, 2.45) is 5.41 Å². The summed E-state index contributed by atoms with van der Waals surface area (Å²) in [5.74, 6) is -0.311. The molecule has 0 atom stereocenters. The molecule has 1 fully saturated rings. The van der Waals surface area contributed by atoms with Crippen molar-refractivity contribution in [2.45, 2.75) is 0 Å². The average Bonchev–Trinajstić information content (AvgIpc) is 2.29. The van der Waals surface area contributed by atoms with Gasteiger partial charge in [0.25, 0.3) is 0 Å². The third-order valence-corrected chi connectivity index (χ3v) is 2.84. The Morgan fingerprint density at radius 3 is 2.76 bits per heavy atom. The maximum absolute atomic E-state index is 12.0. The molecule has 5 heteroatoms. The molecule has 0 unspecified atom stereocenters. The number of nitrogens with zero attached hydrogens (tertiary/aromatic N) is 1. The first-order chi connectivity index (χ1) is 8.22. The highest BCUT2D eigenvalue weighted by Gasteiger charge is 2.45. The minimum Gasteiger partial charge on any atom is -0.395 e. The maximum atomic E-state index is 12.0. The number of nitriles is 1. The van der Waals surface area contributed by atoms with Gasteiger partial charge in [0, 0.05) is 0 Å². The van der Waals surface area contributed by atoms with Crippen LogP contribution in [0.15, 0.2) is 24.3 Å². The fourth-order valence-corrected chi connectivity index (χ4v) is 1.59. The van der Waals surface area contributed by atoms with Crippen molar-refractivity contribution in [1.29, 1.82) is 5.26 Å². The van der Waals surface area contributed by atoms with Crippen LogP contribution in [0.25, 0.3) is 0 Å². The summed E-state index contributed by atoms with van der Waals surface area (Å²) in [6, 6.07) is 8.74. The van der Waals surface area contributed by atoms with E-state index in [1.54, 1.807) is 24.3 Å². The van der Waals surface area contributed by atoms with E-state index in [4.69, 9.17) is 10.00 Å². The summed E-state index contributed by atoms with van der Waals surface area (Å²) in [7, 11) is 0. The lowest BCUT2D eigenvalue weighted by atomic mass is 9.86. The molecule has 88 valence electrons. The zero-order valence-electron chi connectivity index (χ0n) is 9.14. The van der Waals surface area contributed by atoms with Gasteiger partial charge in [-0.2, -0.15) is 5.26 Å². The van der Waals surface area contributed by atoms with Crippen molar-refractivity contribution in [1.82, 2.24) is 0 Å². The third kappa shape index (κ3) is 2.00. The van der Waals surface area contributed by atoms with E-state index in [1.807, 2.05) is 6.07 Å². The Morgan fingerprint density at radius 1 is 1.53 bits per heavy atom. The zero-order chi connectivity index (χ0) is 12.3. The molecule has 1 aliphatic heterocycles. The molecule has 1 amide bonds. The lowest BCUT2D eigenvalue weighted by Crippen LogP contribution is -2.54. The molecule has 1 saturated heterocycles. The predicted molar refractivity (Wildman–Crippen MR) is 60.1 cm³/mol. The van der Waals surface area contributed by atoms with Gasteiger partial charge in [-0.1, -0.05) is 12.1 Å². The topological polar surface area (TPSA) is 82.4 Å². The van der Waals surface area contributed by atoms with Crippen LogP contribution in [0.5, 0.6) is 0 Å². The highest BCUT2D eigenvalue weighted by atomic mass is 16.5. The highest BCUT2D eigenvalue weighted by Crippen LogP contribution is 2.29. The molecule has 0 spiro atoms. The number of aliphatic hydroxyl groups excluding tert-OH is 1. The molecule has 17 heavy (non-hydrogen) atoms. The van der Waals surface area contributed by atoms with Crippen LogP contribution in [0, 0.1) is 16.7 Å². The molecule has 0 saturated carbocycles. The van der Waals surface area contributed by atoms with Crippen LogP contribution in [0.3, 0.4) is 0 Å². The summed E-state index contributed by atoms with van der Waals surface area (Å²) >= 11 is 0. The van der Waals surface area contributed by atoms with Crippen molar-refractivity contribution >= 4 is 11.6 Å². The lowest BCUT2D eigenvalue weighted by Gasteiger charge is -2.38. The van der Waals surface area contributed by atoms with E-state index in [0.29, 0.717) is 11.3 Å². The zero-order valence-corrected chi connectivity index (χ0v) is 9.14. The van der Waals surface area contributed by atoms with Crippen molar-refractivity contribution < 1.29 is 14.6 Å². The van der Waals surface area contributed by atoms with Gasteiger partial charge >= 0.3 is 0 Å². The number of aliphatic hydroxyl groups is 1. The summed E-state index contributed by atoms with van der Waals surface area (Å²) in [5.41, 5.74) is -0.00310. The monoisotopic (exact) mass is 232 g/mol. The van der Waals surface area contributed by atoms with Gasteiger partial charge in [0.2, 0.25) is 5.91 Å². The molecule has 0 aromatic heterocycles. The van der Waals surface area contributed by atoms with E-state index < -0.39 is 5.41 Å². The Labute approximate surface area is 98.6 Å². The van der Waals surface area contributed by atoms with Gasteiger partial charge in [0.05, 0.1) is 31.1 Å². The van der Waals surface area contributed by atoms with Crippen LogP contribution in [0.4, 0.5) is 5.69 Å². The number of para-hydroxylation sites is 1. The molecule has 0 bridgehead atoms. The van der Waals surface area contributed by atoms with Gasteiger partial charge < -0.3 is 15.2 Å². The molecule has 1 aromatic carbocycles. The highest BCUT2D eigenvalue weighted by molar-refractivity contribution is 5.97. The average molecular weight is 232 g/mol. The largest absolute Gasteiger partial charge is 0.395 e. The Hall–Kier alpha value is -1.90. The number of amides is 1. The summed E-state index contributed by atoms with van der Waals surface area (Å²) in [6.45, 7) is 0.168. The second-order valence-corrected chi connectivity index (χ2v) is 4.04. The number of anilines is 1. The molecule has 2 rings (SSSR count). The SMILES string of the molecule is N#Cc1ccccc1NC(=O)C1(CO)COC1. The Balaban J connectivity index is 2.16. The second-order valence-electron chi connectivity index (χ2n) is 4.04. The van der Waals surface area contributed by atoms with Crippen molar-refractivity contribution in [3.63, 3.8) is 0 Å². The predicted octanol–water partition coefficient (Wildman–Crippen LogP) is 0.506. The molecule has 1 aromatic rings. The number of hydrogen-bond acceptors (Lipinski definition) is 4. The Morgan fingerprint density at radius 2 is 2.24 bits per heavy atom. The van der Waals surface area contributed by atoms with Crippen molar-refractivity contribution in [3.05, 3.63) is 29.8 Å². The summed E-state index contributed by atoms with van der Waals surface area (Å²) in [4.78, 5) is 12.0. The molecule has 5 nitrogen and oxygen atoms in total. The van der Waals surface area contributed by atoms with Gasteiger partial charge in [0.15, 0.2) is 0 Å². The van der Waals surface area contributed by atoms with Gasteiger partial charge in [-0.15, -0.1) is 0 Å². The standard InChI is InChI=1S/C12H12N2O3/c13-5-9-3-1-2-4-10(9)14-11(16)12(6-15)7-17-8-12/h1-4,15H,6-8H2,(H,14,16). The first-order valence-corrected chi connectivity index (χ1v) is 5.21. The van der Waals surface area contributed by atoms with Crippen LogP contribution >= 0.6 is 0 Å². The quantitative estimate of drug-likeness (QED) is 0.795. The van der Waals surface area contributed by atoms with Gasteiger partial charge in [-0.3, -0.25) is 4.79 Å². The van der Waals surface area contributed by atoms with Crippen LogP contribution in [0.1, 0.15) is 5.56 Å².